The highest BCUT2D eigenvalue weighted by Crippen LogP contribution is 2.55. The SMILES string of the molecule is CC1(C)c2ccccc2-c2ccc(N(c3ccccc3)c3ccc(-c4nc5c6ccccc6c6c7ccccc7sc6c5c5ccccc45)cc3)cc21.c1ccc(-c2ccc3cc(-c4nc(-c5nc6c7ccccc7c7c8ccccc8sc7c6c6ccccc56)nc5ccccc45)ccc3c2)cc1.c1ccc(-c2nc(-c3nc4c5ccccc5c5c6ccccc6sc5c4c4ccccc34)nc3c2oc2ccccc23)cc1. The van der Waals surface area contributed by atoms with Gasteiger partial charge in [-0.15, -0.1) is 34.0 Å². The van der Waals surface area contributed by atoms with Crippen molar-refractivity contribution < 1.29 is 4.42 Å². The number of benzene rings is 22. The van der Waals surface area contributed by atoms with Crippen LogP contribution in [0.5, 0.6) is 0 Å². The van der Waals surface area contributed by atoms with E-state index in [0.717, 1.165) is 138 Å². The highest BCUT2D eigenvalue weighted by Gasteiger charge is 2.37. The Kier molecular flexibility index (Phi) is 19.5. The molecule has 0 saturated heterocycles. The molecular formula is C136H82N8OS3. The van der Waals surface area contributed by atoms with Gasteiger partial charge in [0.15, 0.2) is 17.2 Å². The maximum absolute atomic E-state index is 6.38. The largest absolute Gasteiger partial charge is 0.452 e. The fourth-order valence-electron chi connectivity index (χ4n) is 23.5. The van der Waals surface area contributed by atoms with E-state index in [9.17, 15) is 0 Å². The summed E-state index contributed by atoms with van der Waals surface area (Å²) in [6, 6.07) is 164. The Hall–Kier alpha value is -18.4. The zero-order valence-electron chi connectivity index (χ0n) is 80.1. The van der Waals surface area contributed by atoms with Gasteiger partial charge in [-0.25, -0.2) is 34.9 Å². The van der Waals surface area contributed by atoms with Crippen molar-refractivity contribution in [1.29, 1.82) is 0 Å². The fourth-order valence-corrected chi connectivity index (χ4v) is 27.4. The molecule has 9 nitrogen and oxygen atoms in total. The van der Waals surface area contributed by atoms with Gasteiger partial charge >= 0.3 is 0 Å². The Morgan fingerprint density at radius 3 is 1.11 bits per heavy atom. The summed E-state index contributed by atoms with van der Waals surface area (Å²) in [5.41, 5.74) is 24.7. The number of pyridine rings is 3. The molecule has 1 aliphatic carbocycles. The number of hydrogen-bond donors (Lipinski definition) is 0. The lowest BCUT2D eigenvalue weighted by atomic mass is 9.82. The average Bonchev–Trinajstić information content (AvgIpc) is 1.49. The standard InChI is InChI=1S/C50H34N2S.C47H27N3S.C39H21N3OS/c1-50(2)42-22-12-10-16-35(42)36-29-28-34(30-43(36)50)52(32-14-4-3-5-15-32)33-26-24-31(25-27-33)47-39-19-8-7-18-38(39)46-48(51-47)40-20-9-6-17-37(40)45-41-21-11-13-23-44(41)53-49(45)46;1-2-12-28(13-3-1)29-22-23-31-27-32(25-24-30(31)26-29)43-37-18-8-10-20-39(37)48-47(50-43)45-36-17-7-5-15-34(36)42-44(49-45)35-16-6-4-14-33(35)41-38-19-9-11-21-40(38)51-46(41)42;1-2-12-22(13-3-1)33-37-35(27-18-8-10-20-29(27)43-37)42-39(41-33)36-26-17-7-5-15-24(26)32-34(40-36)25-16-6-4-14-23(25)31-28-19-9-11-21-30(28)44-38(31)32/h3-30H,1-2H3;1-27H;1-21H. The van der Waals surface area contributed by atoms with Crippen LogP contribution >= 0.6 is 34.0 Å². The molecule has 0 amide bonds. The van der Waals surface area contributed by atoms with Crippen LogP contribution in [0.25, 0.3) is 281 Å². The van der Waals surface area contributed by atoms with E-state index in [1.807, 2.05) is 76.5 Å². The van der Waals surface area contributed by atoms with Gasteiger partial charge in [0.2, 0.25) is 0 Å². The third-order valence-corrected chi connectivity index (χ3v) is 33.9. The van der Waals surface area contributed by atoms with E-state index in [0.29, 0.717) is 17.2 Å². The molecule has 12 heteroatoms. The van der Waals surface area contributed by atoms with E-state index < -0.39 is 0 Å². The number of hydrogen-bond acceptors (Lipinski definition) is 12. The molecule has 0 unspecified atom stereocenters. The molecule has 0 saturated carbocycles. The number of rotatable bonds is 9. The third-order valence-electron chi connectivity index (χ3n) is 30.3. The minimum Gasteiger partial charge on any atom is -0.452 e. The van der Waals surface area contributed by atoms with E-state index in [1.54, 1.807) is 0 Å². The topological polar surface area (TPSA) is 107 Å². The van der Waals surface area contributed by atoms with Crippen molar-refractivity contribution in [3.8, 4) is 79.1 Å². The van der Waals surface area contributed by atoms with Crippen LogP contribution in [0.1, 0.15) is 25.0 Å². The van der Waals surface area contributed by atoms with Gasteiger partial charge in [-0.05, 0) is 161 Å². The Morgan fingerprint density at radius 2 is 0.574 bits per heavy atom. The van der Waals surface area contributed by atoms with E-state index >= 15 is 0 Å². The molecule has 32 rings (SSSR count). The molecule has 22 aromatic carbocycles. The third kappa shape index (κ3) is 13.4. The summed E-state index contributed by atoms with van der Waals surface area (Å²) in [4.78, 5) is 39.9. The zero-order chi connectivity index (χ0) is 97.5. The number of para-hydroxylation sites is 3. The minimum atomic E-state index is -0.0808. The van der Waals surface area contributed by atoms with Crippen LogP contribution in [-0.2, 0) is 5.41 Å². The maximum atomic E-state index is 6.38. The van der Waals surface area contributed by atoms with Crippen LogP contribution in [0.3, 0.4) is 0 Å². The van der Waals surface area contributed by atoms with Gasteiger partial charge in [-0.1, -0.05) is 390 Å². The molecule has 31 aromatic rings. The number of furan rings is 1. The Labute approximate surface area is 860 Å². The quantitative estimate of drug-likeness (QED) is 0.131. The maximum Gasteiger partial charge on any atom is 0.180 e. The summed E-state index contributed by atoms with van der Waals surface area (Å²) in [7, 11) is 0. The Morgan fingerprint density at radius 1 is 0.216 bits per heavy atom. The van der Waals surface area contributed by atoms with Crippen LogP contribution in [-0.4, -0.2) is 34.9 Å². The van der Waals surface area contributed by atoms with E-state index in [1.165, 1.54) is 153 Å². The van der Waals surface area contributed by atoms with Crippen LogP contribution in [0.2, 0.25) is 0 Å². The number of nitrogens with zero attached hydrogens (tertiary/aromatic N) is 8. The van der Waals surface area contributed by atoms with E-state index in [2.05, 4.69) is 437 Å². The summed E-state index contributed by atoms with van der Waals surface area (Å²) in [5.74, 6) is 1.21. The van der Waals surface area contributed by atoms with Gasteiger partial charge < -0.3 is 9.32 Å². The predicted octanol–water partition coefficient (Wildman–Crippen LogP) is 38.3. The Balaban J connectivity index is 0.000000103. The molecule has 1 aliphatic rings. The number of anilines is 3. The second-order valence-corrected chi connectivity index (χ2v) is 42.1. The van der Waals surface area contributed by atoms with Gasteiger partial charge in [0.1, 0.15) is 28.2 Å². The summed E-state index contributed by atoms with van der Waals surface area (Å²) >= 11 is 5.58. The summed E-state index contributed by atoms with van der Waals surface area (Å²) in [6.45, 7) is 4.69. The van der Waals surface area contributed by atoms with E-state index in [4.69, 9.17) is 39.3 Å². The summed E-state index contributed by atoms with van der Waals surface area (Å²) in [6.07, 6.45) is 0. The van der Waals surface area contributed by atoms with Crippen LogP contribution in [0, 0.1) is 0 Å². The fraction of sp³-hybridized carbons (Fsp3) is 0.0221. The number of thiophene rings is 3. The van der Waals surface area contributed by atoms with Gasteiger partial charge in [0.05, 0.1) is 33.5 Å². The second-order valence-electron chi connectivity index (χ2n) is 38.9. The van der Waals surface area contributed by atoms with Crippen molar-refractivity contribution in [3.05, 3.63) is 472 Å². The molecule has 0 aliphatic heterocycles. The molecule has 0 N–H and O–H groups in total. The first-order chi connectivity index (χ1) is 73.2. The zero-order valence-corrected chi connectivity index (χ0v) is 82.5. The summed E-state index contributed by atoms with van der Waals surface area (Å²) < 4.78 is 14.1. The first-order valence-electron chi connectivity index (χ1n) is 50.1. The van der Waals surface area contributed by atoms with Crippen LogP contribution < -0.4 is 4.90 Å². The minimum absolute atomic E-state index is 0.0808. The van der Waals surface area contributed by atoms with Gasteiger partial charge in [0.25, 0.3) is 0 Å². The molecular weight excluding hydrogens is 1860 g/mol. The predicted molar refractivity (Wildman–Crippen MR) is 627 cm³/mol. The first kappa shape index (κ1) is 85.2. The van der Waals surface area contributed by atoms with Crippen molar-refractivity contribution in [2.24, 2.45) is 0 Å². The number of fused-ring (bicyclic) bond motifs is 38. The highest BCUT2D eigenvalue weighted by molar-refractivity contribution is 7.28. The van der Waals surface area contributed by atoms with Gasteiger partial charge in [-0.3, -0.25) is 0 Å². The van der Waals surface area contributed by atoms with Crippen molar-refractivity contribution in [2.45, 2.75) is 19.3 Å². The lowest BCUT2D eigenvalue weighted by molar-refractivity contribution is 0.660. The smallest absolute Gasteiger partial charge is 0.180 e. The molecule has 0 fully saturated rings. The monoisotopic (exact) mass is 1940 g/mol. The van der Waals surface area contributed by atoms with Crippen molar-refractivity contribution in [2.75, 3.05) is 4.90 Å². The van der Waals surface area contributed by atoms with Crippen LogP contribution in [0.15, 0.2) is 465 Å². The van der Waals surface area contributed by atoms with Gasteiger partial charge in [-0.2, -0.15) is 0 Å². The van der Waals surface area contributed by atoms with Gasteiger partial charge in [0, 0.05) is 159 Å². The molecule has 0 radical (unpaired) electrons. The lowest BCUT2D eigenvalue weighted by Crippen LogP contribution is -2.16. The second kappa shape index (κ2) is 33.9. The summed E-state index contributed by atoms with van der Waals surface area (Å²) in [5, 5.41) is 29.7. The molecule has 148 heavy (non-hydrogen) atoms. The molecule has 9 aromatic heterocycles. The molecule has 0 bridgehead atoms. The van der Waals surface area contributed by atoms with Crippen molar-refractivity contribution in [1.82, 2.24) is 34.9 Å². The Bertz CT molecular complexity index is 11000. The lowest BCUT2D eigenvalue weighted by Gasteiger charge is -2.28. The van der Waals surface area contributed by atoms with Crippen molar-refractivity contribution in [3.63, 3.8) is 0 Å². The molecule has 0 atom stereocenters. The van der Waals surface area contributed by atoms with Crippen molar-refractivity contribution >= 4 is 253 Å². The van der Waals surface area contributed by atoms with Crippen LogP contribution in [0.4, 0.5) is 17.1 Å². The van der Waals surface area contributed by atoms with E-state index in [-0.39, 0.29) is 5.41 Å². The number of aromatic nitrogens is 7. The normalized spacial score (nSPS) is 12.4. The average molecular weight is 1940 g/mol. The highest BCUT2D eigenvalue weighted by atomic mass is 32.1. The molecule has 690 valence electrons. The molecule has 9 heterocycles. The molecule has 0 spiro atoms. The first-order valence-corrected chi connectivity index (χ1v) is 52.6.